The topological polar surface area (TPSA) is 151 Å². The van der Waals surface area contributed by atoms with Crippen molar-refractivity contribution in [3.8, 4) is 11.5 Å². The number of ether oxygens (including phenoxy) is 2. The van der Waals surface area contributed by atoms with Crippen LogP contribution in [0.5, 0.6) is 11.5 Å². The summed E-state index contributed by atoms with van der Waals surface area (Å²) in [5, 5.41) is 23.7. The van der Waals surface area contributed by atoms with E-state index < -0.39 is 28.7 Å². The van der Waals surface area contributed by atoms with E-state index in [2.05, 4.69) is 10.6 Å². The molecular weight excluding hydrogens is 512 g/mol. The van der Waals surface area contributed by atoms with Crippen LogP contribution in [0.1, 0.15) is 44.4 Å². The summed E-state index contributed by atoms with van der Waals surface area (Å²) in [5.74, 6) is -2.42. The Bertz CT molecular complexity index is 1410. The molecule has 10 nitrogen and oxygen atoms in total. The molecule has 11 heteroatoms. The van der Waals surface area contributed by atoms with Gasteiger partial charge in [-0.2, -0.15) is 0 Å². The minimum Gasteiger partial charge on any atom is -0.486 e. The number of carboxylic acid groups (broad SMARTS) is 2. The van der Waals surface area contributed by atoms with Crippen LogP contribution in [0.2, 0.25) is 0 Å². The number of carbonyl (C=O) groups is 4. The number of hydrogen-bond donors (Lipinski definition) is 4. The Morgan fingerprint density at radius 2 is 1.58 bits per heavy atom. The van der Waals surface area contributed by atoms with Crippen molar-refractivity contribution in [2.45, 2.75) is 23.5 Å². The lowest BCUT2D eigenvalue weighted by Gasteiger charge is -2.20. The number of benzene rings is 3. The first-order valence-electron chi connectivity index (χ1n) is 11.6. The lowest BCUT2D eigenvalue weighted by molar-refractivity contribution is -0.115. The van der Waals surface area contributed by atoms with E-state index in [0.29, 0.717) is 47.4 Å². The molecule has 4 N–H and O–H groups in total. The number of amides is 2. The number of aromatic carboxylic acids is 2. The molecule has 0 bridgehead atoms. The Balaban J connectivity index is 1.44. The monoisotopic (exact) mass is 536 g/mol. The average Bonchev–Trinajstić information content (AvgIpc) is 2.91. The normalized spacial score (nSPS) is 12.8. The van der Waals surface area contributed by atoms with Crippen LogP contribution in [-0.4, -0.2) is 52.4 Å². The lowest BCUT2D eigenvalue weighted by atomic mass is 10.0. The molecule has 1 aliphatic rings. The summed E-state index contributed by atoms with van der Waals surface area (Å²) in [5.41, 5.74) is 0.140. The van der Waals surface area contributed by atoms with Crippen molar-refractivity contribution in [3.63, 3.8) is 0 Å². The minimum atomic E-state index is -1.42. The molecule has 3 aromatic carbocycles. The maximum absolute atomic E-state index is 13.0. The molecule has 196 valence electrons. The van der Waals surface area contributed by atoms with Crippen LogP contribution in [0.4, 0.5) is 11.4 Å². The van der Waals surface area contributed by atoms with Gasteiger partial charge in [-0.05, 0) is 55.0 Å². The molecule has 1 aliphatic heterocycles. The Labute approximate surface area is 222 Å². The van der Waals surface area contributed by atoms with Gasteiger partial charge in [-0.15, -0.1) is 11.8 Å². The summed E-state index contributed by atoms with van der Waals surface area (Å²) in [4.78, 5) is 49.3. The third-order valence-electron chi connectivity index (χ3n) is 5.58. The standard InChI is InChI=1S/C27H24N2O8S/c1-2-23(25(31)29-17-7-9-21-22(14-17)37-11-10-36-21)38-18-5-3-4-16(13-18)28-24(30)19-8-6-15(26(32)33)12-20(19)27(34)35/h3-9,12-14,23H,2,10-11H2,1H3,(H,28,30)(H,29,31)(H,32,33)(H,34,35). The summed E-state index contributed by atoms with van der Waals surface area (Å²) in [7, 11) is 0. The van der Waals surface area contributed by atoms with Gasteiger partial charge in [-0.25, -0.2) is 9.59 Å². The van der Waals surface area contributed by atoms with E-state index in [1.807, 2.05) is 6.92 Å². The first-order valence-corrected chi connectivity index (χ1v) is 12.5. The van der Waals surface area contributed by atoms with Gasteiger partial charge < -0.3 is 30.3 Å². The number of fused-ring (bicyclic) bond motifs is 1. The first kappa shape index (κ1) is 26.6. The Kier molecular flexibility index (Phi) is 8.17. The number of carboxylic acids is 2. The number of hydrogen-bond acceptors (Lipinski definition) is 7. The Morgan fingerprint density at radius 1 is 0.842 bits per heavy atom. The molecule has 1 atom stereocenters. The largest absolute Gasteiger partial charge is 0.486 e. The fourth-order valence-electron chi connectivity index (χ4n) is 3.73. The number of carbonyl (C=O) groups excluding carboxylic acids is 2. The molecule has 0 aliphatic carbocycles. The van der Waals surface area contributed by atoms with Crippen molar-refractivity contribution in [1.82, 2.24) is 0 Å². The van der Waals surface area contributed by atoms with E-state index >= 15 is 0 Å². The maximum Gasteiger partial charge on any atom is 0.336 e. The molecule has 38 heavy (non-hydrogen) atoms. The molecule has 1 heterocycles. The van der Waals surface area contributed by atoms with Crippen molar-refractivity contribution >= 4 is 46.9 Å². The van der Waals surface area contributed by atoms with Gasteiger partial charge in [0.15, 0.2) is 11.5 Å². The minimum absolute atomic E-state index is 0.175. The SMILES string of the molecule is CCC(Sc1cccc(NC(=O)c2ccc(C(=O)O)cc2C(=O)O)c1)C(=O)Nc1ccc2c(c1)OCCO2. The van der Waals surface area contributed by atoms with E-state index in [9.17, 15) is 24.3 Å². The zero-order valence-corrected chi connectivity index (χ0v) is 21.0. The number of anilines is 2. The van der Waals surface area contributed by atoms with Crippen LogP contribution < -0.4 is 20.1 Å². The Hall–Kier alpha value is -4.51. The van der Waals surface area contributed by atoms with Gasteiger partial charge in [0, 0.05) is 22.3 Å². The lowest BCUT2D eigenvalue weighted by Crippen LogP contribution is -2.24. The number of rotatable bonds is 9. The smallest absolute Gasteiger partial charge is 0.336 e. The van der Waals surface area contributed by atoms with Gasteiger partial charge in [0.05, 0.1) is 21.9 Å². The van der Waals surface area contributed by atoms with Gasteiger partial charge in [0.1, 0.15) is 13.2 Å². The highest BCUT2D eigenvalue weighted by molar-refractivity contribution is 8.00. The number of nitrogens with one attached hydrogen (secondary N) is 2. The van der Waals surface area contributed by atoms with Crippen molar-refractivity contribution in [1.29, 1.82) is 0 Å². The van der Waals surface area contributed by atoms with Gasteiger partial charge in [-0.1, -0.05) is 13.0 Å². The molecule has 0 saturated carbocycles. The predicted octanol–water partition coefficient (Wildman–Crippen LogP) is 4.62. The molecule has 0 spiro atoms. The molecule has 1 unspecified atom stereocenters. The fraction of sp³-hybridized carbons (Fsp3) is 0.185. The van der Waals surface area contributed by atoms with E-state index in [4.69, 9.17) is 14.6 Å². The second kappa shape index (κ2) is 11.7. The summed E-state index contributed by atoms with van der Waals surface area (Å²) < 4.78 is 11.1. The first-order chi connectivity index (χ1) is 18.2. The summed E-state index contributed by atoms with van der Waals surface area (Å²) >= 11 is 1.32. The quantitative estimate of drug-likeness (QED) is 0.287. The molecule has 2 amide bonds. The van der Waals surface area contributed by atoms with Crippen LogP contribution in [-0.2, 0) is 4.79 Å². The predicted molar refractivity (Wildman–Crippen MR) is 141 cm³/mol. The van der Waals surface area contributed by atoms with Crippen LogP contribution in [0.3, 0.4) is 0 Å². The van der Waals surface area contributed by atoms with E-state index in [0.717, 1.165) is 12.1 Å². The second-order valence-corrected chi connectivity index (χ2v) is 9.49. The summed E-state index contributed by atoms with van der Waals surface area (Å²) in [6.45, 7) is 2.81. The van der Waals surface area contributed by atoms with Crippen LogP contribution >= 0.6 is 11.8 Å². The molecule has 0 fully saturated rings. The highest BCUT2D eigenvalue weighted by Gasteiger charge is 2.21. The third-order valence-corrected chi connectivity index (χ3v) is 6.94. The van der Waals surface area contributed by atoms with Crippen LogP contribution in [0.15, 0.2) is 65.6 Å². The highest BCUT2D eigenvalue weighted by atomic mass is 32.2. The molecule has 0 radical (unpaired) electrons. The molecule has 3 aromatic rings. The van der Waals surface area contributed by atoms with Gasteiger partial charge in [0.25, 0.3) is 5.91 Å². The van der Waals surface area contributed by atoms with Gasteiger partial charge >= 0.3 is 11.9 Å². The number of thioether (sulfide) groups is 1. The molecule has 4 rings (SSSR count). The Morgan fingerprint density at radius 3 is 2.29 bits per heavy atom. The van der Waals surface area contributed by atoms with E-state index in [1.54, 1.807) is 42.5 Å². The zero-order chi connectivity index (χ0) is 27.2. The van der Waals surface area contributed by atoms with Crippen LogP contribution in [0, 0.1) is 0 Å². The van der Waals surface area contributed by atoms with Gasteiger partial charge in [-0.3, -0.25) is 9.59 Å². The average molecular weight is 537 g/mol. The third kappa shape index (κ3) is 6.24. The summed E-state index contributed by atoms with van der Waals surface area (Å²) in [6.07, 6.45) is 0.537. The molecular formula is C27H24N2O8S. The second-order valence-electron chi connectivity index (χ2n) is 8.22. The van der Waals surface area contributed by atoms with E-state index in [-0.39, 0.29) is 17.0 Å². The molecule has 0 aromatic heterocycles. The van der Waals surface area contributed by atoms with Gasteiger partial charge in [0.2, 0.25) is 5.91 Å². The van der Waals surface area contributed by atoms with Crippen molar-refractivity contribution < 1.29 is 38.9 Å². The van der Waals surface area contributed by atoms with Crippen molar-refractivity contribution in [2.75, 3.05) is 23.8 Å². The van der Waals surface area contributed by atoms with Crippen molar-refractivity contribution in [2.24, 2.45) is 0 Å². The fourth-order valence-corrected chi connectivity index (χ4v) is 4.74. The van der Waals surface area contributed by atoms with E-state index in [1.165, 1.54) is 17.8 Å². The zero-order valence-electron chi connectivity index (χ0n) is 20.2. The maximum atomic E-state index is 13.0. The molecule has 0 saturated heterocycles. The van der Waals surface area contributed by atoms with Crippen molar-refractivity contribution in [3.05, 3.63) is 77.4 Å². The van der Waals surface area contributed by atoms with Crippen LogP contribution in [0.25, 0.3) is 0 Å². The summed E-state index contributed by atoms with van der Waals surface area (Å²) in [6, 6.07) is 15.3. The highest BCUT2D eigenvalue weighted by Crippen LogP contribution is 2.34.